The highest BCUT2D eigenvalue weighted by Crippen LogP contribution is 2.05. The van der Waals surface area contributed by atoms with Crippen molar-refractivity contribution in [3.05, 3.63) is 30.3 Å². The van der Waals surface area contributed by atoms with Crippen molar-refractivity contribution in [1.82, 2.24) is 0 Å². The maximum atomic E-state index is 8.95. The van der Waals surface area contributed by atoms with Gasteiger partial charge in [-0.25, -0.2) is 0 Å². The predicted molar refractivity (Wildman–Crippen MR) is 50.4 cm³/mol. The SMILES string of the molecule is COc1ccccc1.O=S(=O)(O)Cl. The summed E-state index contributed by atoms with van der Waals surface area (Å²) in [6.45, 7) is 0. The molecule has 0 amide bonds. The highest BCUT2D eigenvalue weighted by molar-refractivity contribution is 8.09. The molecule has 13 heavy (non-hydrogen) atoms. The van der Waals surface area contributed by atoms with Crippen LogP contribution in [0.1, 0.15) is 0 Å². The van der Waals surface area contributed by atoms with Gasteiger partial charge in [0.1, 0.15) is 5.75 Å². The molecule has 0 aliphatic rings. The number of hydrogen-bond donors (Lipinski definition) is 1. The first-order valence-electron chi connectivity index (χ1n) is 3.19. The van der Waals surface area contributed by atoms with Crippen molar-refractivity contribution in [3.8, 4) is 5.75 Å². The van der Waals surface area contributed by atoms with Crippen LogP contribution in [0.5, 0.6) is 5.75 Å². The van der Waals surface area contributed by atoms with Gasteiger partial charge in [-0.1, -0.05) is 18.2 Å². The monoisotopic (exact) mass is 224 g/mol. The van der Waals surface area contributed by atoms with Gasteiger partial charge in [-0.15, -0.1) is 0 Å². The van der Waals surface area contributed by atoms with E-state index >= 15 is 0 Å². The lowest BCUT2D eigenvalue weighted by Gasteiger charge is -1.93. The van der Waals surface area contributed by atoms with Crippen molar-refractivity contribution < 1.29 is 17.7 Å². The summed E-state index contributed by atoms with van der Waals surface area (Å²) in [7, 11) is 1.53. The van der Waals surface area contributed by atoms with Crippen LogP contribution in [0.4, 0.5) is 0 Å². The van der Waals surface area contributed by atoms with E-state index in [-0.39, 0.29) is 0 Å². The van der Waals surface area contributed by atoms with E-state index in [9.17, 15) is 0 Å². The van der Waals surface area contributed by atoms with E-state index in [0.29, 0.717) is 0 Å². The van der Waals surface area contributed by atoms with E-state index in [1.165, 1.54) is 0 Å². The molecule has 0 bridgehead atoms. The molecule has 1 aromatic carbocycles. The van der Waals surface area contributed by atoms with Gasteiger partial charge in [0.15, 0.2) is 0 Å². The van der Waals surface area contributed by atoms with Crippen LogP contribution in [0, 0.1) is 0 Å². The van der Waals surface area contributed by atoms with E-state index in [4.69, 9.17) is 17.7 Å². The molecule has 0 aliphatic carbocycles. The standard InChI is InChI=1S/C7H8O.ClHO3S/c1-8-7-5-3-2-4-6-7;1-5(2,3)4/h2-6H,1H3;(H,2,3,4). The van der Waals surface area contributed by atoms with Gasteiger partial charge < -0.3 is 4.74 Å². The van der Waals surface area contributed by atoms with Gasteiger partial charge in [-0.2, -0.15) is 8.42 Å². The van der Waals surface area contributed by atoms with Crippen molar-refractivity contribution in [1.29, 1.82) is 0 Å². The average molecular weight is 225 g/mol. The van der Waals surface area contributed by atoms with Crippen LogP contribution in [0.2, 0.25) is 0 Å². The number of para-hydroxylation sites is 1. The fourth-order valence-corrected chi connectivity index (χ4v) is 0.557. The first kappa shape index (κ1) is 12.2. The summed E-state index contributed by atoms with van der Waals surface area (Å²) in [5, 5.41) is 0. The topological polar surface area (TPSA) is 63.6 Å². The quantitative estimate of drug-likeness (QED) is 0.583. The molecule has 4 nitrogen and oxygen atoms in total. The van der Waals surface area contributed by atoms with Crippen LogP contribution in [0.3, 0.4) is 0 Å². The fourth-order valence-electron chi connectivity index (χ4n) is 0.557. The van der Waals surface area contributed by atoms with Gasteiger partial charge >= 0.3 is 9.33 Å². The highest BCUT2D eigenvalue weighted by Gasteiger charge is 1.86. The Hall–Kier alpha value is -0.780. The molecule has 1 aromatic rings. The van der Waals surface area contributed by atoms with Gasteiger partial charge in [-0.05, 0) is 12.1 Å². The zero-order valence-electron chi connectivity index (χ0n) is 6.84. The van der Waals surface area contributed by atoms with Gasteiger partial charge in [0, 0.05) is 10.7 Å². The number of rotatable bonds is 1. The van der Waals surface area contributed by atoms with Crippen LogP contribution in [-0.2, 0) is 9.33 Å². The fraction of sp³-hybridized carbons (Fsp3) is 0.143. The molecule has 74 valence electrons. The average Bonchev–Trinajstić information content (AvgIpc) is 2.03. The van der Waals surface area contributed by atoms with E-state index in [2.05, 4.69) is 10.7 Å². The van der Waals surface area contributed by atoms with Gasteiger partial charge in [0.2, 0.25) is 0 Å². The van der Waals surface area contributed by atoms with Crippen molar-refractivity contribution in [2.45, 2.75) is 0 Å². The smallest absolute Gasteiger partial charge is 0.353 e. The number of hydrogen-bond acceptors (Lipinski definition) is 3. The molecule has 0 spiro atoms. The van der Waals surface area contributed by atoms with Crippen molar-refractivity contribution in [2.24, 2.45) is 0 Å². The Labute approximate surface area is 81.4 Å². The molecule has 0 aliphatic heterocycles. The Morgan fingerprint density at radius 2 is 1.69 bits per heavy atom. The summed E-state index contributed by atoms with van der Waals surface area (Å²) in [5.41, 5.74) is 0. The summed E-state index contributed by atoms with van der Waals surface area (Å²) < 4.78 is 30.1. The maximum absolute atomic E-state index is 8.95. The van der Waals surface area contributed by atoms with Gasteiger partial charge in [-0.3, -0.25) is 4.55 Å². The number of ether oxygens (including phenoxy) is 1. The van der Waals surface area contributed by atoms with Crippen molar-refractivity contribution >= 4 is 20.0 Å². The van der Waals surface area contributed by atoms with Crippen LogP contribution in [-0.4, -0.2) is 20.1 Å². The molecule has 0 fully saturated rings. The van der Waals surface area contributed by atoms with Crippen molar-refractivity contribution in [3.63, 3.8) is 0 Å². The van der Waals surface area contributed by atoms with Crippen LogP contribution < -0.4 is 4.74 Å². The van der Waals surface area contributed by atoms with E-state index in [0.717, 1.165) is 5.75 Å². The Morgan fingerprint density at radius 3 is 1.92 bits per heavy atom. The molecule has 0 aromatic heterocycles. The number of methoxy groups -OCH3 is 1. The summed E-state index contributed by atoms with van der Waals surface area (Å²) >= 11 is 0. The van der Waals surface area contributed by atoms with E-state index in [1.807, 2.05) is 30.3 Å². The third-order valence-corrected chi connectivity index (χ3v) is 0.979. The molecule has 0 atom stereocenters. The molecule has 0 unspecified atom stereocenters. The Bertz CT molecular complexity index is 314. The lowest BCUT2D eigenvalue weighted by molar-refractivity contribution is 0.415. The summed E-state index contributed by atoms with van der Waals surface area (Å²) in [6, 6.07) is 9.68. The molecule has 1 N–H and O–H groups in total. The zero-order chi connectivity index (χ0) is 10.3. The van der Waals surface area contributed by atoms with Gasteiger partial charge in [0.05, 0.1) is 7.11 Å². The number of benzene rings is 1. The summed E-state index contributed by atoms with van der Waals surface area (Å²) in [6.07, 6.45) is 0. The molecule has 0 saturated heterocycles. The summed E-state index contributed by atoms with van der Waals surface area (Å²) in [5.74, 6) is 0.910. The van der Waals surface area contributed by atoms with Crippen LogP contribution in [0.25, 0.3) is 0 Å². The Balaban J connectivity index is 0.000000252. The second-order valence-corrected chi connectivity index (χ2v) is 3.92. The van der Waals surface area contributed by atoms with E-state index < -0.39 is 9.33 Å². The van der Waals surface area contributed by atoms with Crippen molar-refractivity contribution in [2.75, 3.05) is 7.11 Å². The lowest BCUT2D eigenvalue weighted by atomic mass is 10.3. The first-order valence-corrected chi connectivity index (χ1v) is 5.46. The minimum Gasteiger partial charge on any atom is -0.497 e. The first-order chi connectivity index (χ1) is 5.93. The van der Waals surface area contributed by atoms with Crippen LogP contribution in [0.15, 0.2) is 30.3 Å². The van der Waals surface area contributed by atoms with Crippen LogP contribution >= 0.6 is 10.7 Å². The third-order valence-electron chi connectivity index (χ3n) is 0.979. The summed E-state index contributed by atoms with van der Waals surface area (Å²) in [4.78, 5) is 0. The molecular weight excluding hydrogens is 216 g/mol. The molecule has 0 saturated carbocycles. The molecule has 6 heteroatoms. The second-order valence-electron chi connectivity index (χ2n) is 1.93. The second kappa shape index (κ2) is 5.80. The molecule has 0 heterocycles. The minimum atomic E-state index is -4.19. The lowest BCUT2D eigenvalue weighted by Crippen LogP contribution is -1.78. The largest absolute Gasteiger partial charge is 0.497 e. The molecular formula is C7H9ClO4S. The molecule has 0 radical (unpaired) electrons. The molecule has 1 rings (SSSR count). The Kier molecular flexibility index (Phi) is 5.45. The maximum Gasteiger partial charge on any atom is 0.353 e. The third kappa shape index (κ3) is 11.2. The Morgan fingerprint density at radius 1 is 1.31 bits per heavy atom. The van der Waals surface area contributed by atoms with E-state index in [1.54, 1.807) is 7.11 Å². The highest BCUT2D eigenvalue weighted by atomic mass is 35.7. The minimum absolute atomic E-state index is 0.910. The predicted octanol–water partition coefficient (Wildman–Crippen LogP) is 1.72. The van der Waals surface area contributed by atoms with Gasteiger partial charge in [0.25, 0.3) is 0 Å². The normalized spacial score (nSPS) is 9.77. The zero-order valence-corrected chi connectivity index (χ0v) is 8.42. The number of halogens is 1.